The summed E-state index contributed by atoms with van der Waals surface area (Å²) in [7, 11) is 1.25. The van der Waals surface area contributed by atoms with Crippen molar-refractivity contribution in [1.82, 2.24) is 30.1 Å². The normalized spacial score (nSPS) is 20.0. The van der Waals surface area contributed by atoms with E-state index in [1.807, 2.05) is 39.5 Å². The molecule has 15 nitrogen and oxygen atoms in total. The van der Waals surface area contributed by atoms with Crippen LogP contribution in [0.15, 0.2) is 60.9 Å². The summed E-state index contributed by atoms with van der Waals surface area (Å²) in [5, 5.41) is 5.32. The molecule has 1 unspecified atom stereocenters. The molecule has 2 aromatic carbocycles. The second kappa shape index (κ2) is 19.3. The summed E-state index contributed by atoms with van der Waals surface area (Å²) in [6.45, 7) is 12.8. The molecular weight excluding hydrogens is 869 g/mol. The van der Waals surface area contributed by atoms with Crippen LogP contribution in [0.2, 0.25) is 5.02 Å². The van der Waals surface area contributed by atoms with Gasteiger partial charge in [-0.2, -0.15) is 0 Å². The fourth-order valence-corrected chi connectivity index (χ4v) is 8.96. The number of amides is 4. The SMILES string of the molecule is COC(=O)NC(C(=O)N1C[C@@H](C)C[C@H]1c1nc(-c2ccc(-c3cc(Cl)c(NC(=O)c4ccc(N5CCN(C(=O)C(C)(C)C)C[C@H]5C)nc4)cc3OC(F)(F)F)cc2)c[nH]1)C1CCOCC1. The molecule has 3 fully saturated rings. The van der Waals surface area contributed by atoms with Gasteiger partial charge in [0.15, 0.2) is 0 Å². The number of alkyl carbamates (subject to hydrolysis) is 1. The van der Waals surface area contributed by atoms with Crippen molar-refractivity contribution < 1.29 is 46.6 Å². The maximum Gasteiger partial charge on any atom is 0.573 e. The van der Waals surface area contributed by atoms with Gasteiger partial charge in [-0.3, -0.25) is 14.4 Å². The number of aromatic amines is 1. The number of nitrogens with one attached hydrogen (secondary N) is 3. The number of piperazine rings is 1. The number of carbonyl (C=O) groups is 4. The van der Waals surface area contributed by atoms with Gasteiger partial charge in [0.2, 0.25) is 11.8 Å². The number of alkyl halides is 3. The van der Waals surface area contributed by atoms with Crippen molar-refractivity contribution in [2.45, 2.75) is 78.4 Å². The number of pyridine rings is 1. The van der Waals surface area contributed by atoms with Crippen molar-refractivity contribution >= 4 is 46.9 Å². The summed E-state index contributed by atoms with van der Waals surface area (Å²) in [5.74, 6) is -0.176. The van der Waals surface area contributed by atoms with Crippen LogP contribution in [0, 0.1) is 17.3 Å². The quantitative estimate of drug-likeness (QED) is 0.141. The summed E-state index contributed by atoms with van der Waals surface area (Å²) < 4.78 is 56.3. The minimum Gasteiger partial charge on any atom is -0.453 e. The second-order valence-corrected chi connectivity index (χ2v) is 18.3. The molecule has 2 aromatic heterocycles. The maximum atomic E-state index is 14.1. The molecule has 4 aromatic rings. The van der Waals surface area contributed by atoms with E-state index in [4.69, 9.17) is 26.1 Å². The van der Waals surface area contributed by atoms with Crippen LogP contribution < -0.4 is 20.3 Å². The number of benzene rings is 2. The lowest BCUT2D eigenvalue weighted by Gasteiger charge is -2.42. The van der Waals surface area contributed by atoms with E-state index < -0.39 is 41.6 Å². The molecule has 0 saturated carbocycles. The zero-order valence-electron chi connectivity index (χ0n) is 37.1. The van der Waals surface area contributed by atoms with Crippen LogP contribution in [0.5, 0.6) is 5.75 Å². The third-order valence-electron chi connectivity index (χ3n) is 12.1. The first-order chi connectivity index (χ1) is 30.8. The fraction of sp³-hybridized carbons (Fsp3) is 0.478. The largest absolute Gasteiger partial charge is 0.573 e. The van der Waals surface area contributed by atoms with Crippen molar-refractivity contribution in [1.29, 1.82) is 0 Å². The first-order valence-electron chi connectivity index (χ1n) is 21.6. The Morgan fingerprint density at radius 1 is 0.969 bits per heavy atom. The van der Waals surface area contributed by atoms with Crippen LogP contribution in [0.1, 0.15) is 76.1 Å². The lowest BCUT2D eigenvalue weighted by atomic mass is 9.90. The molecule has 3 saturated heterocycles. The lowest BCUT2D eigenvalue weighted by Crippen LogP contribution is -2.56. The van der Waals surface area contributed by atoms with Crippen molar-refractivity contribution in [3.63, 3.8) is 0 Å². The molecule has 0 spiro atoms. The molecule has 19 heteroatoms. The van der Waals surface area contributed by atoms with Gasteiger partial charge < -0.3 is 44.5 Å². The molecule has 65 heavy (non-hydrogen) atoms. The monoisotopic (exact) mass is 922 g/mol. The first-order valence-corrected chi connectivity index (χ1v) is 22.0. The molecule has 5 heterocycles. The summed E-state index contributed by atoms with van der Waals surface area (Å²) in [5.41, 5.74) is 1.11. The summed E-state index contributed by atoms with van der Waals surface area (Å²) in [4.78, 5) is 70.8. The number of rotatable bonds is 10. The van der Waals surface area contributed by atoms with Crippen LogP contribution in [0.4, 0.5) is 29.5 Å². The molecule has 3 aliphatic rings. The predicted octanol–water partition coefficient (Wildman–Crippen LogP) is 8.09. The van der Waals surface area contributed by atoms with Crippen LogP contribution in [0.25, 0.3) is 22.4 Å². The molecule has 348 valence electrons. The number of H-pyrrole nitrogens is 1. The van der Waals surface area contributed by atoms with E-state index in [-0.39, 0.29) is 51.5 Å². The van der Waals surface area contributed by atoms with Gasteiger partial charge in [0.1, 0.15) is 23.4 Å². The third kappa shape index (κ3) is 11.0. The fourth-order valence-electron chi connectivity index (χ4n) is 8.74. The van der Waals surface area contributed by atoms with Crippen molar-refractivity contribution in [2.75, 3.05) is 56.7 Å². The van der Waals surface area contributed by atoms with Crippen LogP contribution >= 0.6 is 11.6 Å². The minimum absolute atomic E-state index is 0.0257. The zero-order chi connectivity index (χ0) is 46.8. The van der Waals surface area contributed by atoms with Gasteiger partial charge in [-0.1, -0.05) is 63.6 Å². The topological polar surface area (TPSA) is 171 Å². The highest BCUT2D eigenvalue weighted by Gasteiger charge is 2.42. The number of aromatic nitrogens is 3. The Kier molecular flexibility index (Phi) is 14.0. The van der Waals surface area contributed by atoms with E-state index in [1.54, 1.807) is 47.5 Å². The Morgan fingerprint density at radius 2 is 1.68 bits per heavy atom. The van der Waals surface area contributed by atoms with Gasteiger partial charge in [-0.25, -0.2) is 14.8 Å². The molecule has 0 aliphatic carbocycles. The molecular formula is C46H54ClF3N8O7. The average Bonchev–Trinajstić information content (AvgIpc) is 3.93. The smallest absolute Gasteiger partial charge is 0.453 e. The standard InChI is InChI=1S/C46H54ClF3N8O7/c1-26-19-36(58(24-26)42(60)39(55-44(62)63-6)30-13-17-64-18-14-30)40-52-23-35(53-40)29-9-7-28(8-10-29)32-20-33(47)34(21-37(32)65-46(48,49)50)54-41(59)31-11-12-38(51-22-31)57-16-15-56(25-27(57)2)43(61)45(3,4)5/h7-12,20-23,26-27,30,36,39H,13-19,24-25H2,1-6H3,(H,52,53)(H,54,59)(H,55,62)/t26-,27+,36-,39?/m0/s1. The van der Waals surface area contributed by atoms with E-state index >= 15 is 0 Å². The molecule has 3 aliphatic heterocycles. The van der Waals surface area contributed by atoms with Crippen molar-refractivity contribution in [3.05, 3.63) is 77.3 Å². The molecule has 0 radical (unpaired) electrons. The minimum atomic E-state index is -5.06. The van der Waals surface area contributed by atoms with E-state index in [9.17, 15) is 32.3 Å². The van der Waals surface area contributed by atoms with E-state index in [0.717, 1.165) is 6.07 Å². The van der Waals surface area contributed by atoms with Gasteiger partial charge in [0.05, 0.1) is 35.1 Å². The van der Waals surface area contributed by atoms with Gasteiger partial charge in [0.25, 0.3) is 5.91 Å². The summed E-state index contributed by atoms with van der Waals surface area (Å²) in [6, 6.07) is 11.0. The zero-order valence-corrected chi connectivity index (χ0v) is 37.9. The second-order valence-electron chi connectivity index (χ2n) is 17.9. The number of hydrogen-bond acceptors (Lipinski definition) is 10. The Hall–Kier alpha value is -5.88. The number of likely N-dealkylation sites (tertiary alicyclic amines) is 1. The third-order valence-corrected chi connectivity index (χ3v) is 12.4. The number of methoxy groups -OCH3 is 1. The van der Waals surface area contributed by atoms with Crippen LogP contribution in [-0.4, -0.2) is 114 Å². The van der Waals surface area contributed by atoms with E-state index in [0.29, 0.717) is 87.1 Å². The van der Waals surface area contributed by atoms with E-state index in [1.165, 1.54) is 19.4 Å². The van der Waals surface area contributed by atoms with Gasteiger partial charge in [-0.15, -0.1) is 13.2 Å². The summed E-state index contributed by atoms with van der Waals surface area (Å²) >= 11 is 6.61. The molecule has 0 bridgehead atoms. The first kappa shape index (κ1) is 47.1. The Bertz CT molecular complexity index is 2370. The Labute approximate surface area is 380 Å². The van der Waals surface area contributed by atoms with Gasteiger partial charge in [0, 0.05) is 80.4 Å². The lowest BCUT2D eigenvalue weighted by molar-refractivity contribution is -0.274. The van der Waals surface area contributed by atoms with Gasteiger partial charge in [-0.05, 0) is 61.8 Å². The molecule has 3 N–H and O–H groups in total. The number of halogens is 4. The molecule has 7 rings (SSSR count). The Morgan fingerprint density at radius 3 is 2.31 bits per heavy atom. The molecule has 4 atom stereocenters. The van der Waals surface area contributed by atoms with Crippen molar-refractivity contribution in [3.8, 4) is 28.1 Å². The predicted molar refractivity (Wildman–Crippen MR) is 237 cm³/mol. The van der Waals surface area contributed by atoms with Gasteiger partial charge >= 0.3 is 12.5 Å². The van der Waals surface area contributed by atoms with Crippen LogP contribution in [0.3, 0.4) is 0 Å². The van der Waals surface area contributed by atoms with Crippen molar-refractivity contribution in [2.24, 2.45) is 17.3 Å². The summed E-state index contributed by atoms with van der Waals surface area (Å²) in [6.07, 6.45) is -0.808. The highest BCUT2D eigenvalue weighted by atomic mass is 35.5. The number of imidazole rings is 1. The highest BCUT2D eigenvalue weighted by Crippen LogP contribution is 2.41. The number of carbonyl (C=O) groups excluding carboxylic acids is 4. The van der Waals surface area contributed by atoms with E-state index in [2.05, 4.69) is 30.2 Å². The Balaban J connectivity index is 1.05. The van der Waals surface area contributed by atoms with Crippen LogP contribution in [-0.2, 0) is 19.1 Å². The maximum absolute atomic E-state index is 14.1. The number of nitrogens with zero attached hydrogens (tertiary/aromatic N) is 5. The average molecular weight is 923 g/mol. The number of anilines is 2. The molecule has 4 amide bonds. The highest BCUT2D eigenvalue weighted by molar-refractivity contribution is 6.34. The number of ether oxygens (including phenoxy) is 3. The number of hydrogen-bond donors (Lipinski definition) is 3.